The average molecular weight is 215 g/mol. The lowest BCUT2D eigenvalue weighted by atomic mass is 10.3. The van der Waals surface area contributed by atoms with Gasteiger partial charge < -0.3 is 14.4 Å². The molecule has 1 aliphatic rings. The molecule has 0 aromatic carbocycles. The molecule has 0 aromatic heterocycles. The first-order valence-corrected chi connectivity index (χ1v) is 6.29. The van der Waals surface area contributed by atoms with E-state index in [0.29, 0.717) is 0 Å². The van der Waals surface area contributed by atoms with Crippen molar-refractivity contribution in [3.8, 4) is 0 Å². The van der Waals surface area contributed by atoms with Gasteiger partial charge in [0.1, 0.15) is 0 Å². The first-order valence-electron chi connectivity index (χ1n) is 6.29. The predicted octanol–water partition coefficient (Wildman–Crippen LogP) is 2.26. The van der Waals surface area contributed by atoms with Crippen molar-refractivity contribution in [2.45, 2.75) is 52.4 Å². The maximum Gasteiger partial charge on any atom is 0.158 e. The van der Waals surface area contributed by atoms with Crippen molar-refractivity contribution in [2.24, 2.45) is 0 Å². The maximum absolute atomic E-state index is 5.53. The van der Waals surface area contributed by atoms with Gasteiger partial charge in [-0.1, -0.05) is 6.92 Å². The molecule has 0 N–H and O–H groups in total. The Morgan fingerprint density at radius 2 is 1.73 bits per heavy atom. The second-order valence-corrected chi connectivity index (χ2v) is 3.99. The molecule has 15 heavy (non-hydrogen) atoms. The van der Waals surface area contributed by atoms with E-state index in [1.165, 1.54) is 12.8 Å². The number of hydrogen-bond donors (Lipinski definition) is 0. The van der Waals surface area contributed by atoms with Gasteiger partial charge in [-0.25, -0.2) is 0 Å². The van der Waals surface area contributed by atoms with Gasteiger partial charge in [0.25, 0.3) is 0 Å². The van der Waals surface area contributed by atoms with E-state index in [9.17, 15) is 0 Å². The molecule has 0 aliphatic heterocycles. The van der Waals surface area contributed by atoms with Gasteiger partial charge in [-0.3, -0.25) is 0 Å². The predicted molar refractivity (Wildman–Crippen MR) is 61.9 cm³/mol. The monoisotopic (exact) mass is 215 g/mol. The Morgan fingerprint density at radius 1 is 1.13 bits per heavy atom. The highest BCUT2D eigenvalue weighted by Crippen LogP contribution is 2.26. The summed E-state index contributed by atoms with van der Waals surface area (Å²) in [7, 11) is 0. The quantitative estimate of drug-likeness (QED) is 0.551. The lowest BCUT2D eigenvalue weighted by molar-refractivity contribution is -0.141. The molecule has 1 aliphatic carbocycles. The topological polar surface area (TPSA) is 21.7 Å². The van der Waals surface area contributed by atoms with E-state index in [-0.39, 0.29) is 6.29 Å². The third-order valence-electron chi connectivity index (χ3n) is 2.83. The molecule has 0 radical (unpaired) electrons. The lowest BCUT2D eigenvalue weighted by Crippen LogP contribution is -2.31. The zero-order valence-corrected chi connectivity index (χ0v) is 10.4. The van der Waals surface area contributed by atoms with E-state index in [1.54, 1.807) is 0 Å². The van der Waals surface area contributed by atoms with E-state index in [2.05, 4.69) is 11.8 Å². The van der Waals surface area contributed by atoms with Gasteiger partial charge in [-0.15, -0.1) is 0 Å². The third kappa shape index (κ3) is 4.96. The summed E-state index contributed by atoms with van der Waals surface area (Å²) in [5, 5.41) is 0. The van der Waals surface area contributed by atoms with E-state index in [1.807, 2.05) is 13.8 Å². The Bertz CT molecular complexity index is 154. The summed E-state index contributed by atoms with van der Waals surface area (Å²) in [6, 6.07) is 0.846. The molecule has 90 valence electrons. The summed E-state index contributed by atoms with van der Waals surface area (Å²) >= 11 is 0. The van der Waals surface area contributed by atoms with Gasteiger partial charge in [-0.05, 0) is 33.2 Å². The molecular weight excluding hydrogens is 190 g/mol. The van der Waals surface area contributed by atoms with Crippen molar-refractivity contribution >= 4 is 0 Å². The number of ether oxygens (including phenoxy) is 2. The van der Waals surface area contributed by atoms with E-state index >= 15 is 0 Å². The van der Waals surface area contributed by atoms with Gasteiger partial charge in [0.15, 0.2) is 6.29 Å². The minimum atomic E-state index is -0.00667. The van der Waals surface area contributed by atoms with Crippen molar-refractivity contribution in [1.82, 2.24) is 4.90 Å². The van der Waals surface area contributed by atoms with E-state index < -0.39 is 0 Å². The van der Waals surface area contributed by atoms with E-state index in [0.717, 1.165) is 38.8 Å². The van der Waals surface area contributed by atoms with Crippen LogP contribution in [0, 0.1) is 0 Å². The molecule has 0 saturated heterocycles. The summed E-state index contributed by atoms with van der Waals surface area (Å²) in [5.41, 5.74) is 0. The van der Waals surface area contributed by atoms with Gasteiger partial charge >= 0.3 is 0 Å². The van der Waals surface area contributed by atoms with Crippen molar-refractivity contribution in [3.05, 3.63) is 0 Å². The van der Waals surface area contributed by atoms with Crippen LogP contribution in [0.15, 0.2) is 0 Å². The zero-order chi connectivity index (χ0) is 11.1. The average Bonchev–Trinajstić information content (AvgIpc) is 3.03. The molecule has 0 heterocycles. The fraction of sp³-hybridized carbons (Fsp3) is 1.00. The summed E-state index contributed by atoms with van der Waals surface area (Å²) in [5.74, 6) is 0. The first kappa shape index (κ1) is 12.9. The van der Waals surface area contributed by atoms with Crippen LogP contribution in [0.25, 0.3) is 0 Å². The molecule has 0 unspecified atom stereocenters. The molecule has 1 rings (SSSR count). The highest BCUT2D eigenvalue weighted by atomic mass is 16.7. The van der Waals surface area contributed by atoms with Crippen LogP contribution in [-0.4, -0.2) is 43.5 Å². The minimum absolute atomic E-state index is 0.00667. The fourth-order valence-electron chi connectivity index (χ4n) is 1.90. The van der Waals surface area contributed by atoms with Crippen molar-refractivity contribution < 1.29 is 9.47 Å². The van der Waals surface area contributed by atoms with Crippen molar-refractivity contribution in [3.63, 3.8) is 0 Å². The van der Waals surface area contributed by atoms with Crippen LogP contribution in [0.2, 0.25) is 0 Å². The summed E-state index contributed by atoms with van der Waals surface area (Å²) < 4.78 is 11.1. The van der Waals surface area contributed by atoms with Crippen LogP contribution in [0.4, 0.5) is 0 Å². The van der Waals surface area contributed by atoms with E-state index in [4.69, 9.17) is 9.47 Å². The highest BCUT2D eigenvalue weighted by Gasteiger charge is 2.27. The number of hydrogen-bond acceptors (Lipinski definition) is 3. The molecule has 1 saturated carbocycles. The van der Waals surface area contributed by atoms with Crippen LogP contribution >= 0.6 is 0 Å². The Labute approximate surface area is 93.7 Å². The van der Waals surface area contributed by atoms with Gasteiger partial charge in [0.05, 0.1) is 0 Å². The molecule has 0 atom stereocenters. The lowest BCUT2D eigenvalue weighted by Gasteiger charge is -2.23. The molecule has 3 nitrogen and oxygen atoms in total. The Morgan fingerprint density at radius 3 is 2.13 bits per heavy atom. The molecule has 0 spiro atoms. The minimum Gasteiger partial charge on any atom is -0.353 e. The van der Waals surface area contributed by atoms with Crippen LogP contribution in [0.1, 0.15) is 40.0 Å². The molecule has 3 heteroatoms. The van der Waals surface area contributed by atoms with Gasteiger partial charge in [0.2, 0.25) is 0 Å². The van der Waals surface area contributed by atoms with Crippen LogP contribution < -0.4 is 0 Å². The van der Waals surface area contributed by atoms with Crippen molar-refractivity contribution in [2.75, 3.05) is 26.3 Å². The molecular formula is C12H25NO2. The van der Waals surface area contributed by atoms with Gasteiger partial charge in [-0.2, -0.15) is 0 Å². The smallest absolute Gasteiger partial charge is 0.158 e. The molecule has 0 bridgehead atoms. The third-order valence-corrected chi connectivity index (χ3v) is 2.83. The fourth-order valence-corrected chi connectivity index (χ4v) is 1.90. The maximum atomic E-state index is 5.53. The Balaban J connectivity index is 2.17. The first-order chi connectivity index (χ1) is 7.31. The summed E-state index contributed by atoms with van der Waals surface area (Å²) in [4.78, 5) is 2.53. The van der Waals surface area contributed by atoms with Gasteiger partial charge in [0, 0.05) is 32.2 Å². The Hall–Kier alpha value is -0.120. The number of rotatable bonds is 9. The SMILES string of the molecule is CCOC(CCN(CC)C1CC1)OCC. The Kier molecular flexibility index (Phi) is 6.22. The highest BCUT2D eigenvalue weighted by molar-refractivity contribution is 4.83. The summed E-state index contributed by atoms with van der Waals surface area (Å²) in [6.07, 6.45) is 3.74. The molecule has 1 fully saturated rings. The van der Waals surface area contributed by atoms with Crippen LogP contribution in [0.5, 0.6) is 0 Å². The van der Waals surface area contributed by atoms with Crippen molar-refractivity contribution in [1.29, 1.82) is 0 Å². The van der Waals surface area contributed by atoms with Crippen LogP contribution in [-0.2, 0) is 9.47 Å². The zero-order valence-electron chi connectivity index (χ0n) is 10.4. The second-order valence-electron chi connectivity index (χ2n) is 3.99. The van der Waals surface area contributed by atoms with Crippen LogP contribution in [0.3, 0.4) is 0 Å². The second kappa shape index (κ2) is 7.20. The molecule has 0 aromatic rings. The number of nitrogens with zero attached hydrogens (tertiary/aromatic N) is 1. The standard InChI is InChI=1S/C12H25NO2/c1-4-13(11-7-8-11)10-9-12(14-5-2)15-6-3/h11-12H,4-10H2,1-3H3. The normalized spacial score (nSPS) is 16.6. The molecule has 0 amide bonds. The summed E-state index contributed by atoms with van der Waals surface area (Å²) in [6.45, 7) is 9.99. The largest absolute Gasteiger partial charge is 0.353 e.